The Kier molecular flexibility index (Phi) is 5.22. The van der Waals surface area contributed by atoms with Crippen LogP contribution in [0.2, 0.25) is 19.6 Å². The minimum absolute atomic E-state index is 0.395. The summed E-state index contributed by atoms with van der Waals surface area (Å²) in [4.78, 5) is 2.56. The van der Waals surface area contributed by atoms with Gasteiger partial charge in [0.2, 0.25) is 0 Å². The van der Waals surface area contributed by atoms with Crippen LogP contribution in [0.15, 0.2) is 119 Å². The van der Waals surface area contributed by atoms with E-state index < -0.39 is 8.07 Å². The first kappa shape index (κ1) is 23.9. The lowest BCUT2D eigenvalue weighted by atomic mass is 9.93. The zero-order chi connectivity index (χ0) is 27.0. The number of hydrogen-bond acceptors (Lipinski definition) is 3. The summed E-state index contributed by atoms with van der Waals surface area (Å²) in [6, 6.07) is 37.9. The molecule has 0 saturated carbocycles. The molecule has 0 fully saturated rings. The van der Waals surface area contributed by atoms with Crippen LogP contribution in [0.1, 0.15) is 17.0 Å². The van der Waals surface area contributed by atoms with Crippen molar-refractivity contribution in [2.45, 2.75) is 35.3 Å². The minimum atomic E-state index is -1.82. The zero-order valence-electron chi connectivity index (χ0n) is 22.9. The van der Waals surface area contributed by atoms with Gasteiger partial charge >= 0.3 is 0 Å². The number of anilines is 4. The third-order valence-electron chi connectivity index (χ3n) is 8.29. The van der Waals surface area contributed by atoms with Crippen molar-refractivity contribution < 1.29 is 0 Å². The third kappa shape index (κ3) is 3.70. The van der Waals surface area contributed by atoms with Gasteiger partial charge in [-0.25, -0.2) is 0 Å². The number of benzene rings is 5. The lowest BCUT2D eigenvalue weighted by molar-refractivity contribution is 1.26. The predicted molar refractivity (Wildman–Crippen MR) is 175 cm³/mol. The van der Waals surface area contributed by atoms with E-state index in [1.54, 1.807) is 0 Å². The zero-order valence-corrected chi connectivity index (χ0v) is 24.7. The maximum absolute atomic E-state index is 3.89. The topological polar surface area (TPSA) is 24.1 Å². The third-order valence-corrected chi connectivity index (χ3v) is 11.5. The molecule has 0 radical (unpaired) electrons. The van der Waals surface area contributed by atoms with Gasteiger partial charge < -0.3 is 10.6 Å². The van der Waals surface area contributed by atoms with E-state index in [1.807, 2.05) is 11.8 Å². The molecule has 5 aromatic carbocycles. The van der Waals surface area contributed by atoms with Gasteiger partial charge in [0.1, 0.15) is 0 Å². The van der Waals surface area contributed by atoms with Crippen LogP contribution < -0.4 is 15.8 Å². The standard InChI is InChI=1S/C36H30N2SSi/c1-40(2,3)36-26(23-12-8-13-25-29-21-28(29)22-11-4-5-17-30(22)37-34(23)25)15-9-16-27(36)24-14-10-20-33-35(24)38-31-18-6-7-19-32(31)39-33/h4-21,29,37-38H,1-3H3. The molecule has 0 spiro atoms. The average Bonchev–Trinajstić information content (AvgIpc) is 3.77. The Morgan fingerprint density at radius 3 is 1.93 bits per heavy atom. The van der Waals surface area contributed by atoms with Gasteiger partial charge in [0.15, 0.2) is 0 Å². The van der Waals surface area contributed by atoms with Crippen molar-refractivity contribution in [2.24, 2.45) is 0 Å². The highest BCUT2D eigenvalue weighted by atomic mass is 32.2. The molecule has 3 aliphatic rings. The largest absolute Gasteiger partial charge is 0.354 e. The summed E-state index contributed by atoms with van der Waals surface area (Å²) in [7, 11) is -1.82. The molecule has 0 bridgehead atoms. The summed E-state index contributed by atoms with van der Waals surface area (Å²) in [5.74, 6) is 0.395. The number of rotatable bonds is 3. The highest BCUT2D eigenvalue weighted by molar-refractivity contribution is 7.99. The monoisotopic (exact) mass is 550 g/mol. The summed E-state index contributed by atoms with van der Waals surface area (Å²) in [6.45, 7) is 7.44. The van der Waals surface area contributed by atoms with Crippen molar-refractivity contribution in [3.8, 4) is 22.3 Å². The Morgan fingerprint density at radius 1 is 0.550 bits per heavy atom. The van der Waals surface area contributed by atoms with Crippen LogP contribution in [-0.2, 0) is 0 Å². The van der Waals surface area contributed by atoms with E-state index in [2.05, 4.69) is 139 Å². The van der Waals surface area contributed by atoms with Crippen LogP contribution in [0.5, 0.6) is 0 Å². The average molecular weight is 551 g/mol. The first-order valence-electron chi connectivity index (χ1n) is 14.0. The maximum atomic E-state index is 3.89. The fourth-order valence-electron chi connectivity index (χ4n) is 6.51. The molecule has 5 aromatic rings. The Hall–Kier alpha value is -3.99. The summed E-state index contributed by atoms with van der Waals surface area (Å²) < 4.78 is 0. The molecule has 4 heteroatoms. The Bertz CT molecular complexity index is 1880. The van der Waals surface area contributed by atoms with Crippen LogP contribution in [0, 0.1) is 0 Å². The van der Waals surface area contributed by atoms with Crippen LogP contribution in [-0.4, -0.2) is 8.07 Å². The lowest BCUT2D eigenvalue weighted by Gasteiger charge is -2.29. The predicted octanol–water partition coefficient (Wildman–Crippen LogP) is 10.0. The van der Waals surface area contributed by atoms with Gasteiger partial charge in [0.05, 0.1) is 25.1 Å². The second-order valence-electron chi connectivity index (χ2n) is 11.9. The number of para-hydroxylation sites is 4. The van der Waals surface area contributed by atoms with Crippen LogP contribution in [0.3, 0.4) is 0 Å². The molecule has 2 heterocycles. The molecule has 194 valence electrons. The van der Waals surface area contributed by atoms with E-state index >= 15 is 0 Å². The fraction of sp³-hybridized carbons (Fsp3) is 0.111. The SMILES string of the molecule is C[Si](C)(C)c1c(-c2cccc3c2Nc2ccccc2S3)cccc1-c1cccc2c1Nc1ccccc1C1=CC12. The van der Waals surface area contributed by atoms with Crippen LogP contribution in [0.4, 0.5) is 22.7 Å². The molecule has 0 saturated heterocycles. The molecule has 0 amide bonds. The van der Waals surface area contributed by atoms with Crippen molar-refractivity contribution in [1.82, 2.24) is 0 Å². The molecule has 1 atom stereocenters. The van der Waals surface area contributed by atoms with Gasteiger partial charge in [-0.2, -0.15) is 0 Å². The molecule has 1 unspecified atom stereocenters. The van der Waals surface area contributed by atoms with Gasteiger partial charge in [0, 0.05) is 38.1 Å². The molecule has 2 nitrogen and oxygen atoms in total. The van der Waals surface area contributed by atoms with E-state index in [0.717, 1.165) is 0 Å². The van der Waals surface area contributed by atoms with Crippen LogP contribution >= 0.6 is 11.8 Å². The molecule has 1 aliphatic carbocycles. The summed E-state index contributed by atoms with van der Waals surface area (Å²) in [5, 5.41) is 9.20. The van der Waals surface area contributed by atoms with E-state index in [1.165, 1.54) is 76.7 Å². The first-order valence-corrected chi connectivity index (χ1v) is 18.3. The molecule has 2 aliphatic heterocycles. The molecule has 40 heavy (non-hydrogen) atoms. The number of fused-ring (bicyclic) bond motifs is 7. The van der Waals surface area contributed by atoms with E-state index in [9.17, 15) is 0 Å². The number of allylic oxidation sites excluding steroid dienone is 2. The lowest BCUT2D eigenvalue weighted by Crippen LogP contribution is -2.40. The Morgan fingerprint density at radius 2 is 1.12 bits per heavy atom. The molecular formula is C36H30N2SSi. The van der Waals surface area contributed by atoms with Gasteiger partial charge in [-0.1, -0.05) is 116 Å². The molecular weight excluding hydrogens is 521 g/mol. The quantitative estimate of drug-likeness (QED) is 0.214. The molecule has 2 N–H and O–H groups in total. The maximum Gasteiger partial charge on any atom is 0.0792 e. The minimum Gasteiger partial charge on any atom is -0.354 e. The van der Waals surface area contributed by atoms with Gasteiger partial charge in [-0.05, 0) is 51.7 Å². The second kappa shape index (κ2) is 8.75. The summed E-state index contributed by atoms with van der Waals surface area (Å²) in [5.41, 5.74) is 14.3. The second-order valence-corrected chi connectivity index (χ2v) is 18.0. The fourth-order valence-corrected chi connectivity index (χ4v) is 9.58. The van der Waals surface area contributed by atoms with Crippen molar-refractivity contribution in [3.63, 3.8) is 0 Å². The van der Waals surface area contributed by atoms with E-state index in [4.69, 9.17) is 0 Å². The number of nitrogens with one attached hydrogen (secondary N) is 2. The van der Waals surface area contributed by atoms with Gasteiger partial charge in [0.25, 0.3) is 0 Å². The van der Waals surface area contributed by atoms with Crippen molar-refractivity contribution in [1.29, 1.82) is 0 Å². The summed E-state index contributed by atoms with van der Waals surface area (Å²) >= 11 is 1.86. The van der Waals surface area contributed by atoms with E-state index in [-0.39, 0.29) is 0 Å². The highest BCUT2D eigenvalue weighted by Crippen LogP contribution is 2.55. The van der Waals surface area contributed by atoms with Crippen LogP contribution in [0.25, 0.3) is 27.8 Å². The highest BCUT2D eigenvalue weighted by Gasteiger charge is 2.36. The van der Waals surface area contributed by atoms with Gasteiger partial charge in [-0.15, -0.1) is 0 Å². The first-order chi connectivity index (χ1) is 19.5. The van der Waals surface area contributed by atoms with Crippen molar-refractivity contribution >= 4 is 53.3 Å². The van der Waals surface area contributed by atoms with Gasteiger partial charge in [-0.3, -0.25) is 0 Å². The summed E-state index contributed by atoms with van der Waals surface area (Å²) in [6.07, 6.45) is 2.41. The number of hydrogen-bond donors (Lipinski definition) is 2. The Labute approximate surface area is 241 Å². The van der Waals surface area contributed by atoms with Crippen molar-refractivity contribution in [3.05, 3.63) is 120 Å². The molecule has 0 aromatic heterocycles. The smallest absolute Gasteiger partial charge is 0.0792 e. The molecule has 8 rings (SSSR count). The van der Waals surface area contributed by atoms with Crippen molar-refractivity contribution in [2.75, 3.05) is 10.6 Å². The van der Waals surface area contributed by atoms with E-state index in [0.29, 0.717) is 5.92 Å². The Balaban J connectivity index is 1.33. The normalized spacial score (nSPS) is 16.1.